The molecule has 1 fully saturated rings. The van der Waals surface area contributed by atoms with Crippen molar-refractivity contribution in [3.63, 3.8) is 0 Å². The normalized spacial score (nSPS) is 14.6. The van der Waals surface area contributed by atoms with Crippen molar-refractivity contribution < 1.29 is 9.59 Å². The van der Waals surface area contributed by atoms with Gasteiger partial charge in [0.25, 0.3) is 0 Å². The van der Waals surface area contributed by atoms with E-state index in [1.165, 1.54) is 5.56 Å². The van der Waals surface area contributed by atoms with Gasteiger partial charge < -0.3 is 10.2 Å². The van der Waals surface area contributed by atoms with Crippen LogP contribution in [0.1, 0.15) is 75.1 Å². The van der Waals surface area contributed by atoms with Crippen LogP contribution < -0.4 is 5.32 Å². The topological polar surface area (TPSA) is 49.4 Å². The second kappa shape index (κ2) is 13.7. The quantitative estimate of drug-likeness (QED) is 0.265. The first kappa shape index (κ1) is 30.1. The van der Waals surface area contributed by atoms with Crippen molar-refractivity contribution in [1.29, 1.82) is 0 Å². The summed E-state index contributed by atoms with van der Waals surface area (Å²) in [4.78, 5) is 29.5. The molecule has 0 spiro atoms. The average Bonchev–Trinajstić information content (AvgIpc) is 3.44. The van der Waals surface area contributed by atoms with Crippen LogP contribution in [0.4, 0.5) is 0 Å². The molecule has 3 aromatic carbocycles. The SMILES string of the molecule is CC(C)(C)c1ccc(CCC(=O)N(Cc2ccc(Cl)c(Cl)c2)C(Cc2ccccc2)C(=O)NC2CCCC2)cc1. The van der Waals surface area contributed by atoms with Crippen LogP contribution in [0.15, 0.2) is 72.8 Å². The third-order valence-corrected chi connectivity index (χ3v) is 8.50. The van der Waals surface area contributed by atoms with Crippen molar-refractivity contribution in [2.75, 3.05) is 0 Å². The van der Waals surface area contributed by atoms with E-state index in [1.54, 1.807) is 17.0 Å². The minimum atomic E-state index is -0.645. The molecule has 0 aromatic heterocycles. The summed E-state index contributed by atoms with van der Waals surface area (Å²) in [7, 11) is 0. The number of amides is 2. The Morgan fingerprint density at radius 1 is 0.875 bits per heavy atom. The lowest BCUT2D eigenvalue weighted by atomic mass is 9.86. The Labute approximate surface area is 249 Å². The Bertz CT molecular complexity index is 1280. The predicted octanol–water partition coefficient (Wildman–Crippen LogP) is 7.92. The van der Waals surface area contributed by atoms with E-state index in [0.717, 1.165) is 42.4 Å². The first-order valence-corrected chi connectivity index (χ1v) is 15.0. The summed E-state index contributed by atoms with van der Waals surface area (Å²) < 4.78 is 0. The lowest BCUT2D eigenvalue weighted by molar-refractivity contribution is -0.141. The van der Waals surface area contributed by atoms with Gasteiger partial charge in [-0.05, 0) is 59.1 Å². The maximum absolute atomic E-state index is 14.0. The van der Waals surface area contributed by atoms with Crippen molar-refractivity contribution >= 4 is 35.0 Å². The molecule has 1 N–H and O–H groups in total. The molecule has 2 amide bonds. The summed E-state index contributed by atoms with van der Waals surface area (Å²) in [5, 5.41) is 4.15. The molecular formula is C34H40Cl2N2O2. The van der Waals surface area contributed by atoms with Crippen LogP contribution >= 0.6 is 23.2 Å². The second-order valence-electron chi connectivity index (χ2n) is 11.9. The van der Waals surface area contributed by atoms with Gasteiger partial charge in [-0.3, -0.25) is 9.59 Å². The molecule has 1 unspecified atom stereocenters. The van der Waals surface area contributed by atoms with E-state index in [2.05, 4.69) is 50.4 Å². The van der Waals surface area contributed by atoms with Gasteiger partial charge in [-0.2, -0.15) is 0 Å². The van der Waals surface area contributed by atoms with Crippen molar-refractivity contribution in [2.24, 2.45) is 0 Å². The van der Waals surface area contributed by atoms with E-state index in [4.69, 9.17) is 23.2 Å². The van der Waals surface area contributed by atoms with Gasteiger partial charge in [0, 0.05) is 25.4 Å². The molecule has 1 aliphatic rings. The molecule has 0 radical (unpaired) electrons. The molecule has 0 bridgehead atoms. The number of hydrogen-bond donors (Lipinski definition) is 1. The maximum atomic E-state index is 14.0. The van der Waals surface area contributed by atoms with Gasteiger partial charge in [-0.1, -0.05) is 117 Å². The lowest BCUT2D eigenvalue weighted by Crippen LogP contribution is -2.52. The summed E-state index contributed by atoms with van der Waals surface area (Å²) >= 11 is 12.5. The number of nitrogens with one attached hydrogen (secondary N) is 1. The third-order valence-electron chi connectivity index (χ3n) is 7.76. The number of nitrogens with zero attached hydrogens (tertiary/aromatic N) is 1. The molecule has 1 atom stereocenters. The highest BCUT2D eigenvalue weighted by atomic mass is 35.5. The Morgan fingerprint density at radius 2 is 1.52 bits per heavy atom. The van der Waals surface area contributed by atoms with Crippen LogP contribution in [0.3, 0.4) is 0 Å². The molecule has 4 nitrogen and oxygen atoms in total. The molecule has 40 heavy (non-hydrogen) atoms. The Balaban J connectivity index is 1.60. The lowest BCUT2D eigenvalue weighted by Gasteiger charge is -2.32. The summed E-state index contributed by atoms with van der Waals surface area (Å²) in [6.45, 7) is 6.84. The summed E-state index contributed by atoms with van der Waals surface area (Å²) in [5.41, 5.74) is 4.28. The second-order valence-corrected chi connectivity index (χ2v) is 12.7. The number of halogens is 2. The highest BCUT2D eigenvalue weighted by molar-refractivity contribution is 6.42. The van der Waals surface area contributed by atoms with Gasteiger partial charge in [0.05, 0.1) is 10.0 Å². The Morgan fingerprint density at radius 3 is 2.15 bits per heavy atom. The van der Waals surface area contributed by atoms with Crippen molar-refractivity contribution in [2.45, 2.75) is 89.8 Å². The predicted molar refractivity (Wildman–Crippen MR) is 165 cm³/mol. The fraction of sp³-hybridized carbons (Fsp3) is 0.412. The number of aryl methyl sites for hydroxylation is 1. The van der Waals surface area contributed by atoms with E-state index in [0.29, 0.717) is 29.3 Å². The monoisotopic (exact) mass is 578 g/mol. The molecule has 3 aromatic rings. The first-order chi connectivity index (χ1) is 19.1. The number of carbonyl (C=O) groups is 2. The van der Waals surface area contributed by atoms with Gasteiger partial charge in [0.1, 0.15) is 6.04 Å². The fourth-order valence-electron chi connectivity index (χ4n) is 5.32. The molecule has 0 saturated heterocycles. The van der Waals surface area contributed by atoms with Crippen LogP contribution in [0.25, 0.3) is 0 Å². The standard InChI is InChI=1S/C34H40Cl2N2O2/c1-34(2,3)27-17-13-24(14-18-27)16-20-32(39)38(23-26-15-19-29(35)30(36)21-26)31(22-25-9-5-4-6-10-25)33(40)37-28-11-7-8-12-28/h4-6,9-10,13-15,17-19,21,28,31H,7-8,11-12,16,20,22-23H2,1-3H3,(H,37,40). The molecule has 1 saturated carbocycles. The smallest absolute Gasteiger partial charge is 0.243 e. The van der Waals surface area contributed by atoms with Gasteiger partial charge in [-0.15, -0.1) is 0 Å². The number of carbonyl (C=O) groups excluding carboxylic acids is 2. The number of benzene rings is 3. The summed E-state index contributed by atoms with van der Waals surface area (Å²) in [6, 6.07) is 23.3. The molecule has 0 heterocycles. The zero-order valence-electron chi connectivity index (χ0n) is 23.8. The van der Waals surface area contributed by atoms with Crippen LogP contribution in [0.2, 0.25) is 10.0 Å². The van der Waals surface area contributed by atoms with Crippen molar-refractivity contribution in [3.8, 4) is 0 Å². The van der Waals surface area contributed by atoms with Gasteiger partial charge in [-0.25, -0.2) is 0 Å². The molecular weight excluding hydrogens is 539 g/mol. The highest BCUT2D eigenvalue weighted by Crippen LogP contribution is 2.26. The summed E-state index contributed by atoms with van der Waals surface area (Å²) in [5.74, 6) is -0.160. The highest BCUT2D eigenvalue weighted by Gasteiger charge is 2.32. The van der Waals surface area contributed by atoms with E-state index >= 15 is 0 Å². The van der Waals surface area contributed by atoms with E-state index in [9.17, 15) is 9.59 Å². The van der Waals surface area contributed by atoms with Crippen LogP contribution in [-0.2, 0) is 34.4 Å². The maximum Gasteiger partial charge on any atom is 0.243 e. The van der Waals surface area contributed by atoms with E-state index in [1.807, 2.05) is 36.4 Å². The van der Waals surface area contributed by atoms with E-state index < -0.39 is 6.04 Å². The molecule has 1 aliphatic carbocycles. The molecule has 4 rings (SSSR count). The number of rotatable bonds is 10. The average molecular weight is 580 g/mol. The number of hydrogen-bond acceptors (Lipinski definition) is 2. The van der Waals surface area contributed by atoms with Crippen LogP contribution in [0.5, 0.6) is 0 Å². The fourth-order valence-corrected chi connectivity index (χ4v) is 5.64. The Kier molecular flexibility index (Phi) is 10.3. The zero-order valence-corrected chi connectivity index (χ0v) is 25.3. The van der Waals surface area contributed by atoms with E-state index in [-0.39, 0.29) is 29.8 Å². The first-order valence-electron chi connectivity index (χ1n) is 14.3. The minimum absolute atomic E-state index is 0.0616. The molecule has 212 valence electrons. The third kappa shape index (κ3) is 8.34. The molecule has 0 aliphatic heterocycles. The van der Waals surface area contributed by atoms with Gasteiger partial charge in [0.2, 0.25) is 11.8 Å². The van der Waals surface area contributed by atoms with Crippen molar-refractivity contribution in [1.82, 2.24) is 10.2 Å². The summed E-state index contributed by atoms with van der Waals surface area (Å²) in [6.07, 6.45) is 5.54. The van der Waals surface area contributed by atoms with Crippen molar-refractivity contribution in [3.05, 3.63) is 105 Å². The van der Waals surface area contributed by atoms with Gasteiger partial charge >= 0.3 is 0 Å². The molecule has 6 heteroatoms. The minimum Gasteiger partial charge on any atom is -0.352 e. The van der Waals surface area contributed by atoms with Crippen LogP contribution in [-0.4, -0.2) is 28.8 Å². The zero-order chi connectivity index (χ0) is 28.7. The largest absolute Gasteiger partial charge is 0.352 e. The van der Waals surface area contributed by atoms with Gasteiger partial charge in [0.15, 0.2) is 0 Å². The Hall–Kier alpha value is -2.82. The van der Waals surface area contributed by atoms with Crippen LogP contribution in [0, 0.1) is 0 Å².